The third-order valence-corrected chi connectivity index (χ3v) is 4.07. The van der Waals surface area contributed by atoms with Crippen LogP contribution in [-0.4, -0.2) is 22.1 Å². The van der Waals surface area contributed by atoms with Crippen molar-refractivity contribution >= 4 is 27.0 Å². The Balaban J connectivity index is 2.19. The lowest BCUT2D eigenvalue weighted by Gasteiger charge is -2.11. The van der Waals surface area contributed by atoms with Gasteiger partial charge in [0.15, 0.2) is 5.52 Å². The molecule has 0 aliphatic heterocycles. The van der Waals surface area contributed by atoms with E-state index in [0.717, 1.165) is 21.3 Å². The van der Waals surface area contributed by atoms with Gasteiger partial charge in [-0.3, -0.25) is 0 Å². The topological polar surface area (TPSA) is 39.9 Å². The average Bonchev–Trinajstić information content (AvgIpc) is 2.98. The van der Waals surface area contributed by atoms with Crippen molar-refractivity contribution in [3.05, 3.63) is 16.6 Å². The van der Waals surface area contributed by atoms with Gasteiger partial charge in [0, 0.05) is 4.47 Å². The summed E-state index contributed by atoms with van der Waals surface area (Å²) < 4.78 is 8.40. The maximum atomic E-state index is 5.32. The molecule has 0 N–H and O–H groups in total. The first-order chi connectivity index (χ1) is 8.31. The van der Waals surface area contributed by atoms with Crippen LogP contribution in [0.2, 0.25) is 0 Å². The number of rotatable bonds is 2. The Bertz CT molecular complexity index is 546. The molecule has 0 atom stereocenters. The smallest absolute Gasteiger partial charge is 0.156 e. The van der Waals surface area contributed by atoms with Gasteiger partial charge >= 0.3 is 0 Å². The summed E-state index contributed by atoms with van der Waals surface area (Å²) in [5, 5.41) is 8.56. The van der Waals surface area contributed by atoms with Crippen LogP contribution in [0.4, 0.5) is 0 Å². The van der Waals surface area contributed by atoms with Gasteiger partial charge in [-0.2, -0.15) is 0 Å². The Morgan fingerprint density at radius 3 is 2.82 bits per heavy atom. The summed E-state index contributed by atoms with van der Waals surface area (Å²) in [6.45, 7) is 0. The van der Waals surface area contributed by atoms with Crippen LogP contribution in [-0.2, 0) is 0 Å². The van der Waals surface area contributed by atoms with Gasteiger partial charge in [-0.1, -0.05) is 18.1 Å². The zero-order valence-electron chi connectivity index (χ0n) is 9.69. The van der Waals surface area contributed by atoms with Crippen LogP contribution in [0.5, 0.6) is 5.75 Å². The number of benzene rings is 1. The molecule has 0 unspecified atom stereocenters. The maximum absolute atomic E-state index is 5.32. The second-order valence-electron chi connectivity index (χ2n) is 4.42. The molecule has 90 valence electrons. The SMILES string of the molecule is COc1ccc(Br)c2c1nnn2C1CCCC1. The summed E-state index contributed by atoms with van der Waals surface area (Å²) in [6, 6.07) is 4.40. The summed E-state index contributed by atoms with van der Waals surface area (Å²) in [4.78, 5) is 0. The molecule has 5 heteroatoms. The number of nitrogens with zero attached hydrogens (tertiary/aromatic N) is 3. The summed E-state index contributed by atoms with van der Waals surface area (Å²) in [5.41, 5.74) is 1.89. The molecule has 0 radical (unpaired) electrons. The molecule has 1 aliphatic rings. The van der Waals surface area contributed by atoms with Crippen LogP contribution in [0, 0.1) is 0 Å². The first kappa shape index (κ1) is 11.0. The van der Waals surface area contributed by atoms with Crippen molar-refractivity contribution < 1.29 is 4.74 Å². The van der Waals surface area contributed by atoms with E-state index in [-0.39, 0.29) is 0 Å². The fourth-order valence-electron chi connectivity index (χ4n) is 2.56. The van der Waals surface area contributed by atoms with Crippen molar-refractivity contribution in [3.63, 3.8) is 0 Å². The van der Waals surface area contributed by atoms with E-state index in [4.69, 9.17) is 4.74 Å². The highest BCUT2D eigenvalue weighted by Gasteiger charge is 2.22. The Labute approximate surface area is 108 Å². The van der Waals surface area contributed by atoms with E-state index in [1.165, 1.54) is 25.7 Å². The highest BCUT2D eigenvalue weighted by atomic mass is 79.9. The molecular formula is C12H14BrN3O. The third-order valence-electron chi connectivity index (χ3n) is 3.43. The van der Waals surface area contributed by atoms with Crippen molar-refractivity contribution in [2.75, 3.05) is 7.11 Å². The van der Waals surface area contributed by atoms with E-state index in [0.29, 0.717) is 6.04 Å². The normalized spacial score (nSPS) is 16.8. The van der Waals surface area contributed by atoms with Crippen molar-refractivity contribution in [3.8, 4) is 5.75 Å². The van der Waals surface area contributed by atoms with Gasteiger partial charge < -0.3 is 4.74 Å². The summed E-state index contributed by atoms with van der Waals surface area (Å²) in [5.74, 6) is 0.785. The van der Waals surface area contributed by atoms with Crippen LogP contribution in [0.25, 0.3) is 11.0 Å². The molecular weight excluding hydrogens is 282 g/mol. The lowest BCUT2D eigenvalue weighted by atomic mass is 10.2. The van der Waals surface area contributed by atoms with Crippen molar-refractivity contribution in [2.45, 2.75) is 31.7 Å². The van der Waals surface area contributed by atoms with Gasteiger partial charge in [-0.25, -0.2) is 4.68 Å². The predicted octanol–water partition coefficient (Wildman–Crippen LogP) is 3.32. The molecule has 1 aromatic carbocycles. The standard InChI is InChI=1S/C12H14BrN3O/c1-17-10-7-6-9(13)12-11(10)14-15-16(12)8-4-2-3-5-8/h6-8H,2-5H2,1H3. The van der Waals surface area contributed by atoms with Gasteiger partial charge in [-0.15, -0.1) is 5.10 Å². The fraction of sp³-hybridized carbons (Fsp3) is 0.500. The number of aromatic nitrogens is 3. The second-order valence-corrected chi connectivity index (χ2v) is 5.27. The molecule has 2 aromatic rings. The highest BCUT2D eigenvalue weighted by Crippen LogP contribution is 2.36. The number of methoxy groups -OCH3 is 1. The van der Waals surface area contributed by atoms with Crippen molar-refractivity contribution in [1.82, 2.24) is 15.0 Å². The molecule has 1 aromatic heterocycles. The molecule has 1 aliphatic carbocycles. The summed E-state index contributed by atoms with van der Waals surface area (Å²) in [6.07, 6.45) is 4.96. The fourth-order valence-corrected chi connectivity index (χ4v) is 3.06. The molecule has 1 saturated carbocycles. The Morgan fingerprint density at radius 2 is 2.12 bits per heavy atom. The molecule has 0 amide bonds. The number of hydrogen-bond acceptors (Lipinski definition) is 3. The van der Waals surface area contributed by atoms with E-state index in [1.54, 1.807) is 7.11 Å². The van der Waals surface area contributed by atoms with Crippen LogP contribution in [0.1, 0.15) is 31.7 Å². The molecule has 3 rings (SSSR count). The van der Waals surface area contributed by atoms with Crippen molar-refractivity contribution in [1.29, 1.82) is 0 Å². The molecule has 0 spiro atoms. The summed E-state index contributed by atoms with van der Waals surface area (Å²) in [7, 11) is 1.66. The van der Waals surface area contributed by atoms with Crippen LogP contribution >= 0.6 is 15.9 Å². The number of hydrogen-bond donors (Lipinski definition) is 0. The minimum atomic E-state index is 0.489. The molecule has 1 heterocycles. The van der Waals surface area contributed by atoms with Gasteiger partial charge in [0.05, 0.1) is 13.2 Å². The van der Waals surface area contributed by atoms with Gasteiger partial charge in [0.2, 0.25) is 0 Å². The predicted molar refractivity (Wildman–Crippen MR) is 69.3 cm³/mol. The molecule has 1 fully saturated rings. The lowest BCUT2D eigenvalue weighted by molar-refractivity contribution is 0.418. The average molecular weight is 296 g/mol. The first-order valence-corrected chi connectivity index (χ1v) is 6.68. The van der Waals surface area contributed by atoms with Crippen LogP contribution in [0.15, 0.2) is 16.6 Å². The number of halogens is 1. The van der Waals surface area contributed by atoms with E-state index in [9.17, 15) is 0 Å². The summed E-state index contributed by atoms with van der Waals surface area (Å²) >= 11 is 3.58. The van der Waals surface area contributed by atoms with E-state index in [1.807, 2.05) is 12.1 Å². The monoisotopic (exact) mass is 295 g/mol. The zero-order chi connectivity index (χ0) is 11.8. The van der Waals surface area contributed by atoms with E-state index < -0.39 is 0 Å². The number of fused-ring (bicyclic) bond motifs is 1. The van der Waals surface area contributed by atoms with Gasteiger partial charge in [-0.05, 0) is 40.9 Å². The Morgan fingerprint density at radius 1 is 1.35 bits per heavy atom. The van der Waals surface area contributed by atoms with Crippen LogP contribution < -0.4 is 4.74 Å². The molecule has 4 nitrogen and oxygen atoms in total. The molecule has 0 bridgehead atoms. The minimum Gasteiger partial charge on any atom is -0.494 e. The Hall–Kier alpha value is -1.10. The number of ether oxygens (including phenoxy) is 1. The largest absolute Gasteiger partial charge is 0.494 e. The first-order valence-electron chi connectivity index (χ1n) is 5.88. The third kappa shape index (κ3) is 1.73. The lowest BCUT2D eigenvalue weighted by Crippen LogP contribution is -2.06. The molecule has 0 saturated heterocycles. The zero-order valence-corrected chi connectivity index (χ0v) is 11.3. The highest BCUT2D eigenvalue weighted by molar-refractivity contribution is 9.10. The molecule has 17 heavy (non-hydrogen) atoms. The Kier molecular flexibility index (Phi) is 2.78. The van der Waals surface area contributed by atoms with E-state index in [2.05, 4.69) is 30.9 Å². The minimum absolute atomic E-state index is 0.489. The second kappa shape index (κ2) is 4.29. The van der Waals surface area contributed by atoms with Gasteiger partial charge in [0.1, 0.15) is 11.3 Å². The quantitative estimate of drug-likeness (QED) is 0.853. The maximum Gasteiger partial charge on any atom is 0.156 e. The van der Waals surface area contributed by atoms with E-state index >= 15 is 0 Å². The van der Waals surface area contributed by atoms with Crippen LogP contribution in [0.3, 0.4) is 0 Å². The van der Waals surface area contributed by atoms with Gasteiger partial charge in [0.25, 0.3) is 0 Å². The van der Waals surface area contributed by atoms with Crippen molar-refractivity contribution in [2.24, 2.45) is 0 Å².